The Hall–Kier alpha value is -0.910. The van der Waals surface area contributed by atoms with Gasteiger partial charge in [0, 0.05) is 31.2 Å². The summed E-state index contributed by atoms with van der Waals surface area (Å²) in [6, 6.07) is 2.28. The number of nitrogens with zero attached hydrogens (tertiary/aromatic N) is 3. The molecule has 1 fully saturated rings. The highest BCUT2D eigenvalue weighted by atomic mass is 15.3. The first kappa shape index (κ1) is 15.5. The van der Waals surface area contributed by atoms with Crippen molar-refractivity contribution in [2.45, 2.75) is 57.5 Å². The van der Waals surface area contributed by atoms with Gasteiger partial charge in [0.15, 0.2) is 0 Å². The lowest BCUT2D eigenvalue weighted by molar-refractivity contribution is 0.0831. The predicted octanol–water partition coefficient (Wildman–Crippen LogP) is 1.45. The largest absolute Gasteiger partial charge is 0.297 e. The second-order valence-electron chi connectivity index (χ2n) is 6.46. The van der Waals surface area contributed by atoms with Crippen molar-refractivity contribution in [2.24, 2.45) is 12.9 Å². The van der Waals surface area contributed by atoms with E-state index in [4.69, 9.17) is 5.84 Å². The molecule has 5 heteroatoms. The average Bonchev–Trinajstić information content (AvgIpc) is 2.68. The van der Waals surface area contributed by atoms with Gasteiger partial charge in [0.05, 0.1) is 5.69 Å². The number of aromatic nitrogens is 2. The molecule has 1 atom stereocenters. The van der Waals surface area contributed by atoms with Crippen LogP contribution in [0.4, 0.5) is 0 Å². The molecule has 3 N–H and O–H groups in total. The monoisotopic (exact) mass is 279 g/mol. The fraction of sp³-hybridized carbons (Fsp3) is 0.800. The number of nitrogens with two attached hydrogens (primary N) is 1. The van der Waals surface area contributed by atoms with Crippen LogP contribution in [0.2, 0.25) is 0 Å². The Morgan fingerprint density at radius 3 is 2.45 bits per heavy atom. The van der Waals surface area contributed by atoms with E-state index in [2.05, 4.69) is 35.3 Å². The maximum absolute atomic E-state index is 5.85. The van der Waals surface area contributed by atoms with Crippen LogP contribution in [-0.2, 0) is 13.5 Å². The van der Waals surface area contributed by atoms with E-state index >= 15 is 0 Å². The molecule has 1 aliphatic heterocycles. The second-order valence-corrected chi connectivity index (χ2v) is 6.46. The minimum absolute atomic E-state index is 0.0383. The minimum Gasteiger partial charge on any atom is -0.297 e. The number of hydrogen-bond acceptors (Lipinski definition) is 4. The molecular formula is C15H29N5. The molecule has 1 aromatic heterocycles. The lowest BCUT2D eigenvalue weighted by atomic mass is 9.89. The van der Waals surface area contributed by atoms with Crippen LogP contribution >= 0.6 is 0 Å². The quantitative estimate of drug-likeness (QED) is 0.633. The van der Waals surface area contributed by atoms with Gasteiger partial charge in [-0.25, -0.2) is 0 Å². The van der Waals surface area contributed by atoms with Gasteiger partial charge in [-0.15, -0.1) is 0 Å². The van der Waals surface area contributed by atoms with Crippen molar-refractivity contribution in [2.75, 3.05) is 13.1 Å². The van der Waals surface area contributed by atoms with Gasteiger partial charge in [-0.1, -0.05) is 12.8 Å². The highest BCUT2D eigenvalue weighted by Crippen LogP contribution is 2.25. The highest BCUT2D eigenvalue weighted by molar-refractivity contribution is 5.06. The van der Waals surface area contributed by atoms with E-state index < -0.39 is 0 Å². The van der Waals surface area contributed by atoms with E-state index in [9.17, 15) is 0 Å². The Morgan fingerprint density at radius 2 is 1.95 bits per heavy atom. The molecule has 0 spiro atoms. The van der Waals surface area contributed by atoms with Crippen molar-refractivity contribution in [3.63, 3.8) is 0 Å². The molecule has 0 saturated carbocycles. The maximum atomic E-state index is 5.85. The minimum atomic E-state index is 0.0383. The summed E-state index contributed by atoms with van der Waals surface area (Å²) in [6.07, 6.45) is 8.15. The molecule has 0 aromatic carbocycles. The Bertz CT molecular complexity index is 404. The molecule has 1 aliphatic rings. The van der Waals surface area contributed by atoms with E-state index in [1.54, 1.807) is 0 Å². The lowest BCUT2D eigenvalue weighted by Crippen LogP contribution is -2.60. The summed E-state index contributed by atoms with van der Waals surface area (Å²) < 4.78 is 1.85. The maximum Gasteiger partial charge on any atom is 0.0641 e. The molecular weight excluding hydrogens is 250 g/mol. The average molecular weight is 279 g/mol. The molecule has 0 aliphatic carbocycles. The molecule has 0 radical (unpaired) electrons. The zero-order valence-electron chi connectivity index (χ0n) is 13.1. The first-order valence-electron chi connectivity index (χ1n) is 7.73. The van der Waals surface area contributed by atoms with Gasteiger partial charge in [-0.2, -0.15) is 5.10 Å². The molecule has 1 unspecified atom stereocenters. The molecule has 2 heterocycles. The topological polar surface area (TPSA) is 59.1 Å². The Balaban J connectivity index is 2.07. The van der Waals surface area contributed by atoms with Crippen LogP contribution in [0.1, 0.15) is 45.2 Å². The van der Waals surface area contributed by atoms with Gasteiger partial charge in [-0.05, 0) is 45.8 Å². The fourth-order valence-electron chi connectivity index (χ4n) is 3.16. The van der Waals surface area contributed by atoms with Crippen LogP contribution in [0, 0.1) is 0 Å². The van der Waals surface area contributed by atoms with Crippen molar-refractivity contribution in [3.8, 4) is 0 Å². The van der Waals surface area contributed by atoms with Crippen LogP contribution in [-0.4, -0.2) is 39.4 Å². The van der Waals surface area contributed by atoms with Gasteiger partial charge in [0.1, 0.15) is 0 Å². The highest BCUT2D eigenvalue weighted by Gasteiger charge is 2.35. The molecule has 1 saturated heterocycles. The first-order valence-corrected chi connectivity index (χ1v) is 7.73. The number of nitrogens with one attached hydrogen (secondary N) is 1. The fourth-order valence-corrected chi connectivity index (χ4v) is 3.16. The van der Waals surface area contributed by atoms with Crippen LogP contribution in [0.5, 0.6) is 0 Å². The van der Waals surface area contributed by atoms with Gasteiger partial charge >= 0.3 is 0 Å². The summed E-state index contributed by atoms with van der Waals surface area (Å²) in [5.41, 5.74) is 4.16. The van der Waals surface area contributed by atoms with E-state index in [-0.39, 0.29) is 11.6 Å². The van der Waals surface area contributed by atoms with Crippen LogP contribution < -0.4 is 11.3 Å². The second kappa shape index (κ2) is 6.70. The number of likely N-dealkylation sites (tertiary alicyclic amines) is 1. The van der Waals surface area contributed by atoms with Crippen LogP contribution in [0.15, 0.2) is 12.3 Å². The van der Waals surface area contributed by atoms with E-state index in [1.165, 1.54) is 38.8 Å². The summed E-state index contributed by atoms with van der Waals surface area (Å²) in [5, 5.41) is 4.48. The zero-order chi connectivity index (χ0) is 14.6. The lowest BCUT2D eigenvalue weighted by Gasteiger charge is -2.43. The first-order chi connectivity index (χ1) is 9.54. The molecule has 0 amide bonds. The third-order valence-electron chi connectivity index (χ3n) is 4.66. The van der Waals surface area contributed by atoms with Gasteiger partial charge in [0.2, 0.25) is 0 Å². The molecule has 5 nitrogen and oxygen atoms in total. The van der Waals surface area contributed by atoms with E-state index in [0.29, 0.717) is 0 Å². The summed E-state index contributed by atoms with van der Waals surface area (Å²) in [5.74, 6) is 5.85. The standard InChI is InChI=1S/C15H29N5/c1-15(2,20-9-6-4-5-7-10-20)14(17-16)12-13-8-11-19(3)18-13/h8,11,14,17H,4-7,9-10,12,16H2,1-3H3. The molecule has 0 bridgehead atoms. The van der Waals surface area contributed by atoms with Crippen LogP contribution in [0.25, 0.3) is 0 Å². The SMILES string of the molecule is Cn1ccc(CC(NN)C(C)(C)N2CCCCCC2)n1. The third-order valence-corrected chi connectivity index (χ3v) is 4.66. The molecule has 2 rings (SSSR count). The van der Waals surface area contributed by atoms with Crippen molar-refractivity contribution < 1.29 is 0 Å². The molecule has 20 heavy (non-hydrogen) atoms. The van der Waals surface area contributed by atoms with Crippen LogP contribution in [0.3, 0.4) is 0 Å². The number of hydrogen-bond donors (Lipinski definition) is 2. The van der Waals surface area contributed by atoms with Gasteiger partial charge in [0.25, 0.3) is 0 Å². The Kier molecular flexibility index (Phi) is 5.18. The number of rotatable bonds is 5. The van der Waals surface area contributed by atoms with Crippen molar-refractivity contribution in [3.05, 3.63) is 18.0 Å². The third kappa shape index (κ3) is 3.59. The van der Waals surface area contributed by atoms with Gasteiger partial charge in [-0.3, -0.25) is 20.9 Å². The summed E-state index contributed by atoms with van der Waals surface area (Å²) in [7, 11) is 1.95. The zero-order valence-corrected chi connectivity index (χ0v) is 13.1. The number of hydrazine groups is 1. The molecule has 1 aromatic rings. The van der Waals surface area contributed by atoms with Crippen molar-refractivity contribution in [1.29, 1.82) is 0 Å². The Morgan fingerprint density at radius 1 is 1.30 bits per heavy atom. The summed E-state index contributed by atoms with van der Waals surface area (Å²) in [6.45, 7) is 6.94. The Labute approximate surface area is 122 Å². The molecule has 114 valence electrons. The van der Waals surface area contributed by atoms with Crippen molar-refractivity contribution in [1.82, 2.24) is 20.1 Å². The smallest absolute Gasteiger partial charge is 0.0641 e. The normalized spacial score (nSPS) is 19.8. The van der Waals surface area contributed by atoms with Gasteiger partial charge < -0.3 is 0 Å². The summed E-state index contributed by atoms with van der Waals surface area (Å²) >= 11 is 0. The van der Waals surface area contributed by atoms with Crippen molar-refractivity contribution >= 4 is 0 Å². The van der Waals surface area contributed by atoms with E-state index in [0.717, 1.165) is 12.1 Å². The predicted molar refractivity (Wildman–Crippen MR) is 82.1 cm³/mol. The van der Waals surface area contributed by atoms with E-state index in [1.807, 2.05) is 17.9 Å². The number of aryl methyl sites for hydroxylation is 1. The summed E-state index contributed by atoms with van der Waals surface area (Å²) in [4.78, 5) is 2.59.